The Morgan fingerprint density at radius 3 is 2.43 bits per heavy atom. The van der Waals surface area contributed by atoms with Crippen molar-refractivity contribution in [3.05, 3.63) is 65.2 Å². The summed E-state index contributed by atoms with van der Waals surface area (Å²) in [6.45, 7) is 2.34. The molecule has 2 aromatic rings. The molecule has 1 atom stereocenters. The highest BCUT2D eigenvalue weighted by Gasteiger charge is 2.36. The minimum absolute atomic E-state index is 0.0530. The maximum atomic E-state index is 13.0. The highest BCUT2D eigenvalue weighted by Crippen LogP contribution is 2.26. The minimum atomic E-state index is -3.27. The molecule has 3 rings (SSSR count). The zero-order valence-corrected chi connectivity index (χ0v) is 16.8. The lowest BCUT2D eigenvalue weighted by Gasteiger charge is -2.26. The summed E-state index contributed by atoms with van der Waals surface area (Å²) in [7, 11) is -3.27. The topological polar surface area (TPSA) is 83.6 Å². The third-order valence-corrected chi connectivity index (χ3v) is 5.90. The summed E-state index contributed by atoms with van der Waals surface area (Å²) in [5.74, 6) is -0.792. The molecule has 1 aliphatic rings. The molecular formula is C21H24N2O4S. The largest absolute Gasteiger partial charge is 0.324 e. The molecule has 0 saturated carbocycles. The molecule has 1 heterocycles. The van der Waals surface area contributed by atoms with Crippen LogP contribution in [0.3, 0.4) is 0 Å². The summed E-state index contributed by atoms with van der Waals surface area (Å²) in [5.41, 5.74) is 3.18. The normalized spacial score (nSPS) is 14.6. The second-order valence-electron chi connectivity index (χ2n) is 7.06. The Balaban J connectivity index is 1.82. The number of rotatable bonds is 7. The molecular weight excluding hydrogens is 376 g/mol. The lowest BCUT2D eigenvalue weighted by Crippen LogP contribution is -2.45. The maximum absolute atomic E-state index is 13.0. The number of anilines is 1. The average Bonchev–Trinajstić information content (AvgIpc) is 2.98. The van der Waals surface area contributed by atoms with E-state index in [-0.39, 0.29) is 24.0 Å². The molecule has 1 aliphatic heterocycles. The van der Waals surface area contributed by atoms with Gasteiger partial charge in [0.05, 0.1) is 5.75 Å². The van der Waals surface area contributed by atoms with Gasteiger partial charge in [-0.25, -0.2) is 8.42 Å². The molecule has 0 fully saturated rings. The number of carbonyl (C=O) groups excluding carboxylic acids is 2. The number of carbonyl (C=O) groups is 2. The van der Waals surface area contributed by atoms with Gasteiger partial charge in [-0.05, 0) is 42.2 Å². The summed E-state index contributed by atoms with van der Waals surface area (Å²) in [6.07, 6.45) is 2.08. The van der Waals surface area contributed by atoms with Crippen LogP contribution in [0.5, 0.6) is 0 Å². The van der Waals surface area contributed by atoms with E-state index >= 15 is 0 Å². The Morgan fingerprint density at radius 2 is 1.82 bits per heavy atom. The quantitative estimate of drug-likeness (QED) is 0.774. The number of sulfone groups is 1. The number of fused-ring (bicyclic) bond motifs is 1. The number of nitrogens with zero attached hydrogens (tertiary/aromatic N) is 1. The van der Waals surface area contributed by atoms with Crippen molar-refractivity contribution in [1.82, 2.24) is 4.90 Å². The molecule has 28 heavy (non-hydrogen) atoms. The van der Waals surface area contributed by atoms with Crippen LogP contribution >= 0.6 is 0 Å². The molecule has 148 valence electrons. The first-order chi connectivity index (χ1) is 13.3. The Morgan fingerprint density at radius 1 is 1.14 bits per heavy atom. The summed E-state index contributed by atoms with van der Waals surface area (Å²) in [4.78, 5) is 27.2. The van der Waals surface area contributed by atoms with Crippen molar-refractivity contribution in [2.24, 2.45) is 0 Å². The Labute approximate surface area is 165 Å². The van der Waals surface area contributed by atoms with E-state index in [1.807, 2.05) is 43.3 Å². The van der Waals surface area contributed by atoms with Crippen LogP contribution < -0.4 is 5.32 Å². The van der Waals surface area contributed by atoms with Crippen LogP contribution in [0.4, 0.5) is 5.69 Å². The molecule has 0 aliphatic carbocycles. The van der Waals surface area contributed by atoms with E-state index in [1.165, 1.54) is 4.90 Å². The second-order valence-corrected chi connectivity index (χ2v) is 9.32. The summed E-state index contributed by atoms with van der Waals surface area (Å²) < 4.78 is 23.3. The fourth-order valence-electron chi connectivity index (χ4n) is 3.33. The van der Waals surface area contributed by atoms with Gasteiger partial charge in [0, 0.05) is 24.1 Å². The monoisotopic (exact) mass is 400 g/mol. The van der Waals surface area contributed by atoms with E-state index in [2.05, 4.69) is 5.32 Å². The van der Waals surface area contributed by atoms with Gasteiger partial charge in [-0.1, -0.05) is 37.3 Å². The fourth-order valence-corrected chi connectivity index (χ4v) is 3.98. The van der Waals surface area contributed by atoms with Crippen molar-refractivity contribution in [2.75, 3.05) is 17.3 Å². The molecule has 0 bridgehead atoms. The van der Waals surface area contributed by atoms with Gasteiger partial charge >= 0.3 is 0 Å². The maximum Gasteiger partial charge on any atom is 0.255 e. The van der Waals surface area contributed by atoms with Crippen LogP contribution in [0.15, 0.2) is 48.5 Å². The van der Waals surface area contributed by atoms with Gasteiger partial charge in [0.15, 0.2) is 0 Å². The first kappa shape index (κ1) is 20.1. The van der Waals surface area contributed by atoms with E-state index in [0.29, 0.717) is 17.8 Å². The molecule has 0 saturated heterocycles. The SMILES string of the molecule is CCc1ccc(NC(=O)[C@H](CCS(C)(=O)=O)N2Cc3ccccc3C2=O)cc1. The van der Waals surface area contributed by atoms with Gasteiger partial charge in [-0.3, -0.25) is 9.59 Å². The van der Waals surface area contributed by atoms with Crippen molar-refractivity contribution in [3.63, 3.8) is 0 Å². The first-order valence-corrected chi connectivity index (χ1v) is 11.3. The lowest BCUT2D eigenvalue weighted by molar-refractivity contribution is -0.120. The summed E-state index contributed by atoms with van der Waals surface area (Å²) in [5, 5.41) is 2.83. The predicted octanol–water partition coefficient (Wildman–Crippen LogP) is 2.65. The first-order valence-electron chi connectivity index (χ1n) is 9.25. The van der Waals surface area contributed by atoms with Gasteiger partial charge in [0.25, 0.3) is 5.91 Å². The highest BCUT2D eigenvalue weighted by atomic mass is 32.2. The van der Waals surface area contributed by atoms with Crippen LogP contribution in [0.2, 0.25) is 0 Å². The molecule has 2 amide bonds. The number of amides is 2. The standard InChI is InChI=1S/C21H24N2O4S/c1-3-15-8-10-17(11-9-15)22-20(24)19(12-13-28(2,26)27)23-14-16-6-4-5-7-18(16)21(23)25/h4-11,19H,3,12-14H2,1-2H3,(H,22,24)/t19-/m0/s1. The molecule has 6 nitrogen and oxygen atoms in total. The van der Waals surface area contributed by atoms with E-state index in [4.69, 9.17) is 0 Å². The van der Waals surface area contributed by atoms with Crippen molar-refractivity contribution in [1.29, 1.82) is 0 Å². The van der Waals surface area contributed by atoms with Crippen molar-refractivity contribution in [3.8, 4) is 0 Å². The third-order valence-electron chi connectivity index (χ3n) is 4.92. The van der Waals surface area contributed by atoms with Crippen molar-refractivity contribution >= 4 is 27.3 Å². The molecule has 1 N–H and O–H groups in total. The molecule has 7 heteroatoms. The van der Waals surface area contributed by atoms with Crippen LogP contribution in [0, 0.1) is 0 Å². The number of nitrogens with one attached hydrogen (secondary N) is 1. The fraction of sp³-hybridized carbons (Fsp3) is 0.333. The van der Waals surface area contributed by atoms with Crippen LogP contribution in [-0.2, 0) is 27.6 Å². The van der Waals surface area contributed by atoms with E-state index in [0.717, 1.165) is 23.8 Å². The highest BCUT2D eigenvalue weighted by molar-refractivity contribution is 7.90. The van der Waals surface area contributed by atoms with E-state index in [1.54, 1.807) is 12.1 Å². The zero-order valence-electron chi connectivity index (χ0n) is 16.0. The van der Waals surface area contributed by atoms with Crippen molar-refractivity contribution in [2.45, 2.75) is 32.4 Å². The second kappa shape index (κ2) is 8.14. The van der Waals surface area contributed by atoms with Gasteiger partial charge < -0.3 is 10.2 Å². The van der Waals surface area contributed by atoms with E-state index in [9.17, 15) is 18.0 Å². The number of hydrogen-bond donors (Lipinski definition) is 1. The Hall–Kier alpha value is -2.67. The van der Waals surface area contributed by atoms with Crippen LogP contribution in [-0.4, -0.2) is 43.2 Å². The van der Waals surface area contributed by atoms with Gasteiger partial charge in [0.2, 0.25) is 5.91 Å². The number of hydrogen-bond acceptors (Lipinski definition) is 4. The third kappa shape index (κ3) is 4.59. The van der Waals surface area contributed by atoms with Crippen LogP contribution in [0.1, 0.15) is 34.8 Å². The molecule has 2 aromatic carbocycles. The van der Waals surface area contributed by atoms with Gasteiger partial charge in [0.1, 0.15) is 15.9 Å². The molecule has 0 radical (unpaired) electrons. The summed E-state index contributed by atoms with van der Waals surface area (Å²) >= 11 is 0. The summed E-state index contributed by atoms with van der Waals surface area (Å²) in [6, 6.07) is 13.8. The average molecular weight is 401 g/mol. The molecule has 0 spiro atoms. The smallest absolute Gasteiger partial charge is 0.255 e. The Bertz CT molecular complexity index is 984. The number of benzene rings is 2. The van der Waals surface area contributed by atoms with E-state index < -0.39 is 15.9 Å². The predicted molar refractivity (Wildman–Crippen MR) is 109 cm³/mol. The van der Waals surface area contributed by atoms with Crippen molar-refractivity contribution < 1.29 is 18.0 Å². The zero-order chi connectivity index (χ0) is 20.3. The van der Waals surface area contributed by atoms with Crippen LogP contribution in [0.25, 0.3) is 0 Å². The molecule has 0 aromatic heterocycles. The van der Waals surface area contributed by atoms with Gasteiger partial charge in [-0.15, -0.1) is 0 Å². The Kier molecular flexibility index (Phi) is 5.84. The molecule has 0 unspecified atom stereocenters. The lowest BCUT2D eigenvalue weighted by atomic mass is 10.1. The minimum Gasteiger partial charge on any atom is -0.324 e. The van der Waals surface area contributed by atoms with Gasteiger partial charge in [-0.2, -0.15) is 0 Å². The number of aryl methyl sites for hydroxylation is 1.